The van der Waals surface area contributed by atoms with Crippen LogP contribution in [0.4, 0.5) is 11.4 Å². The van der Waals surface area contributed by atoms with Crippen LogP contribution in [-0.2, 0) is 0 Å². The third kappa shape index (κ3) is 4.23. The second-order valence-electron chi connectivity index (χ2n) is 8.09. The number of anilines is 2. The first-order valence-electron chi connectivity index (χ1n) is 11.0. The molecule has 6 heteroatoms. The first-order chi connectivity index (χ1) is 14.6. The van der Waals surface area contributed by atoms with Crippen LogP contribution < -0.4 is 15.7 Å². The average Bonchev–Trinajstić information content (AvgIpc) is 3.19. The van der Waals surface area contributed by atoms with Gasteiger partial charge in [0.2, 0.25) is 0 Å². The lowest BCUT2D eigenvalue weighted by atomic mass is 9.89. The number of fused-ring (bicyclic) bond motifs is 1. The Kier molecular flexibility index (Phi) is 6.12. The fraction of sp³-hybridized carbons (Fsp3) is 0.417. The van der Waals surface area contributed by atoms with E-state index in [1.165, 1.54) is 32.1 Å². The molecule has 3 aromatic rings. The summed E-state index contributed by atoms with van der Waals surface area (Å²) in [6.45, 7) is 5.95. The molecule has 0 bridgehead atoms. The highest BCUT2D eigenvalue weighted by molar-refractivity contribution is 6.32. The summed E-state index contributed by atoms with van der Waals surface area (Å²) >= 11 is 0. The minimum absolute atomic E-state index is 0.144. The molecule has 0 spiro atoms. The van der Waals surface area contributed by atoms with E-state index in [4.69, 9.17) is 12.8 Å². The summed E-state index contributed by atoms with van der Waals surface area (Å²) in [4.78, 5) is 23.6. The van der Waals surface area contributed by atoms with Gasteiger partial charge in [-0.25, -0.2) is 4.98 Å². The number of imidazole rings is 1. The van der Waals surface area contributed by atoms with Gasteiger partial charge in [-0.3, -0.25) is 4.79 Å². The second kappa shape index (κ2) is 8.94. The number of carbonyl (C=O) groups excluding carboxylic acids is 1. The fourth-order valence-electron chi connectivity index (χ4n) is 4.39. The number of nitrogens with one attached hydrogen (secondary N) is 2. The van der Waals surface area contributed by atoms with E-state index in [0.717, 1.165) is 41.3 Å². The first kappa shape index (κ1) is 20.5. The van der Waals surface area contributed by atoms with E-state index in [0.29, 0.717) is 16.9 Å². The van der Waals surface area contributed by atoms with Gasteiger partial charge >= 0.3 is 0 Å². The second-order valence-corrected chi connectivity index (χ2v) is 8.09. The van der Waals surface area contributed by atoms with Gasteiger partial charge in [-0.05, 0) is 38.8 Å². The van der Waals surface area contributed by atoms with Crippen LogP contribution in [0.25, 0.3) is 11.0 Å². The van der Waals surface area contributed by atoms with E-state index in [1.807, 2.05) is 6.07 Å². The third-order valence-electron chi connectivity index (χ3n) is 6.13. The highest BCUT2D eigenvalue weighted by atomic mass is 16.1. The molecule has 2 N–H and O–H groups in total. The summed E-state index contributed by atoms with van der Waals surface area (Å²) < 4.78 is 0. The zero-order valence-corrected chi connectivity index (χ0v) is 17.9. The summed E-state index contributed by atoms with van der Waals surface area (Å²) in [6, 6.07) is 11.1. The number of aromatic amines is 1. The number of nitrogens with zero attached hydrogens (tertiary/aromatic N) is 2. The quantitative estimate of drug-likeness (QED) is 0.599. The lowest BCUT2D eigenvalue weighted by Gasteiger charge is -2.24. The van der Waals surface area contributed by atoms with Crippen LogP contribution >= 0.6 is 0 Å². The highest BCUT2D eigenvalue weighted by Crippen LogP contribution is 2.35. The molecule has 1 aliphatic rings. The summed E-state index contributed by atoms with van der Waals surface area (Å²) in [5.74, 6) is 1.45. The largest absolute Gasteiger partial charge is 0.370 e. The van der Waals surface area contributed by atoms with Crippen molar-refractivity contribution < 1.29 is 4.79 Å². The van der Waals surface area contributed by atoms with Crippen molar-refractivity contribution >= 4 is 41.6 Å². The normalized spacial score (nSPS) is 14.7. The van der Waals surface area contributed by atoms with Crippen molar-refractivity contribution in [2.45, 2.75) is 51.9 Å². The molecule has 1 fully saturated rings. The molecule has 0 aliphatic heterocycles. The first-order valence-corrected chi connectivity index (χ1v) is 11.0. The zero-order valence-electron chi connectivity index (χ0n) is 17.9. The van der Waals surface area contributed by atoms with Gasteiger partial charge in [-0.2, -0.15) is 0 Å². The van der Waals surface area contributed by atoms with Crippen LogP contribution in [0.1, 0.15) is 68.1 Å². The van der Waals surface area contributed by atoms with E-state index in [-0.39, 0.29) is 5.91 Å². The zero-order chi connectivity index (χ0) is 21.1. The predicted octanol–water partition coefficient (Wildman–Crippen LogP) is 4.50. The number of benzene rings is 2. The summed E-state index contributed by atoms with van der Waals surface area (Å²) in [6.07, 6.45) is 6.27. The fourth-order valence-corrected chi connectivity index (χ4v) is 4.39. The SMILES string of the molecule is [B]c1ccc(C(=O)Nc2cc3[nH]c(C4CCCCC4)nc3cc2N(CC)CC)cc1. The molecular formula is C24H29BN4O. The molecule has 1 aromatic heterocycles. The van der Waals surface area contributed by atoms with Gasteiger partial charge in [-0.15, -0.1) is 0 Å². The molecule has 2 radical (unpaired) electrons. The molecule has 1 saturated carbocycles. The molecule has 0 atom stereocenters. The van der Waals surface area contributed by atoms with Crippen LogP contribution in [0.15, 0.2) is 36.4 Å². The average molecular weight is 400 g/mol. The molecule has 2 aromatic carbocycles. The van der Waals surface area contributed by atoms with Gasteiger partial charge < -0.3 is 15.2 Å². The van der Waals surface area contributed by atoms with E-state index in [2.05, 4.69) is 35.1 Å². The van der Waals surface area contributed by atoms with Crippen LogP contribution in [0.5, 0.6) is 0 Å². The van der Waals surface area contributed by atoms with Gasteiger partial charge in [0.15, 0.2) is 0 Å². The summed E-state index contributed by atoms with van der Waals surface area (Å²) in [5.41, 5.74) is 4.96. The van der Waals surface area contributed by atoms with Crippen LogP contribution in [0.3, 0.4) is 0 Å². The van der Waals surface area contributed by atoms with E-state index < -0.39 is 0 Å². The van der Waals surface area contributed by atoms with Gasteiger partial charge in [0.25, 0.3) is 5.91 Å². The number of H-pyrrole nitrogens is 1. The molecule has 1 heterocycles. The number of carbonyl (C=O) groups is 1. The van der Waals surface area contributed by atoms with E-state index >= 15 is 0 Å². The Balaban J connectivity index is 1.70. The molecule has 1 amide bonds. The number of rotatable bonds is 6. The maximum Gasteiger partial charge on any atom is 0.255 e. The van der Waals surface area contributed by atoms with Crippen molar-refractivity contribution in [3.05, 3.63) is 47.8 Å². The number of amides is 1. The Bertz CT molecular complexity index is 1020. The Morgan fingerprint density at radius 3 is 2.50 bits per heavy atom. The van der Waals surface area contributed by atoms with E-state index in [1.54, 1.807) is 24.3 Å². The van der Waals surface area contributed by atoms with Gasteiger partial charge in [-0.1, -0.05) is 49.0 Å². The van der Waals surface area contributed by atoms with Gasteiger partial charge in [0.05, 0.1) is 22.4 Å². The lowest BCUT2D eigenvalue weighted by Crippen LogP contribution is -2.24. The smallest absolute Gasteiger partial charge is 0.255 e. The van der Waals surface area contributed by atoms with Crippen molar-refractivity contribution in [3.63, 3.8) is 0 Å². The predicted molar refractivity (Wildman–Crippen MR) is 125 cm³/mol. The molecule has 5 nitrogen and oxygen atoms in total. The van der Waals surface area contributed by atoms with Crippen LogP contribution in [0, 0.1) is 0 Å². The maximum absolute atomic E-state index is 12.9. The minimum atomic E-state index is -0.144. The lowest BCUT2D eigenvalue weighted by molar-refractivity contribution is 0.102. The number of hydrogen-bond acceptors (Lipinski definition) is 3. The van der Waals surface area contributed by atoms with E-state index in [9.17, 15) is 4.79 Å². The Morgan fingerprint density at radius 1 is 1.13 bits per heavy atom. The molecule has 30 heavy (non-hydrogen) atoms. The minimum Gasteiger partial charge on any atom is -0.370 e. The monoisotopic (exact) mass is 400 g/mol. The van der Waals surface area contributed by atoms with Crippen LogP contribution in [0.2, 0.25) is 0 Å². The maximum atomic E-state index is 12.9. The Hall–Kier alpha value is -2.76. The van der Waals surface area contributed by atoms with Crippen molar-refractivity contribution in [2.24, 2.45) is 0 Å². The topological polar surface area (TPSA) is 61.0 Å². The standard InChI is InChI=1S/C24H29BN4O/c1-3-29(4-2)22-15-20-19(26-23(27-20)16-8-6-5-7-9-16)14-21(22)28-24(30)17-10-12-18(25)13-11-17/h10-16H,3-9H2,1-2H3,(H,26,27)(H,28,30). The Labute approximate surface area is 179 Å². The van der Waals surface area contributed by atoms with Crippen molar-refractivity contribution in [1.29, 1.82) is 0 Å². The summed E-state index contributed by atoms with van der Waals surface area (Å²) in [7, 11) is 5.76. The molecular weight excluding hydrogens is 371 g/mol. The van der Waals surface area contributed by atoms with Crippen molar-refractivity contribution in [3.8, 4) is 0 Å². The summed E-state index contributed by atoms with van der Waals surface area (Å²) in [5, 5.41) is 3.11. The molecule has 0 unspecified atom stereocenters. The van der Waals surface area contributed by atoms with Crippen molar-refractivity contribution in [2.75, 3.05) is 23.3 Å². The number of aromatic nitrogens is 2. The van der Waals surface area contributed by atoms with Crippen molar-refractivity contribution in [1.82, 2.24) is 9.97 Å². The third-order valence-corrected chi connectivity index (χ3v) is 6.13. The van der Waals surface area contributed by atoms with Gasteiger partial charge in [0.1, 0.15) is 13.7 Å². The highest BCUT2D eigenvalue weighted by Gasteiger charge is 2.21. The molecule has 1 aliphatic carbocycles. The molecule has 4 rings (SSSR count). The van der Waals surface area contributed by atoms with Crippen LogP contribution in [-0.4, -0.2) is 36.8 Å². The number of hydrogen-bond donors (Lipinski definition) is 2. The molecule has 154 valence electrons. The van der Waals surface area contributed by atoms with Gasteiger partial charge in [0, 0.05) is 24.6 Å². The molecule has 0 saturated heterocycles. The Morgan fingerprint density at radius 2 is 1.83 bits per heavy atom.